The zero-order chi connectivity index (χ0) is 10.3. The second kappa shape index (κ2) is 3.59. The van der Waals surface area contributed by atoms with Crippen LogP contribution in [0.3, 0.4) is 0 Å². The van der Waals surface area contributed by atoms with E-state index in [0.717, 1.165) is 19.6 Å². The van der Waals surface area contributed by atoms with E-state index in [4.69, 9.17) is 10.5 Å². The van der Waals surface area contributed by atoms with Gasteiger partial charge in [-0.3, -0.25) is 0 Å². The van der Waals surface area contributed by atoms with Crippen LogP contribution in [0.1, 0.15) is 29.6 Å². The molecule has 3 N–H and O–H groups in total. The van der Waals surface area contributed by atoms with Crippen LogP contribution in [0.5, 0.6) is 0 Å². The van der Waals surface area contributed by atoms with Gasteiger partial charge in [-0.05, 0) is 17.5 Å². The average Bonchev–Trinajstić information content (AvgIpc) is 2.51. The fraction of sp³-hybridized carbons (Fsp3) is 0.500. The van der Waals surface area contributed by atoms with Gasteiger partial charge in [0, 0.05) is 12.1 Å². The molecule has 3 rings (SSSR count). The average molecular weight is 204 g/mol. The highest BCUT2D eigenvalue weighted by molar-refractivity contribution is 5.37. The number of rotatable bonds is 2. The highest BCUT2D eigenvalue weighted by Gasteiger charge is 2.31. The van der Waals surface area contributed by atoms with Crippen molar-refractivity contribution in [2.75, 3.05) is 13.2 Å². The Balaban J connectivity index is 1.81. The lowest BCUT2D eigenvalue weighted by Gasteiger charge is -2.30. The summed E-state index contributed by atoms with van der Waals surface area (Å²) in [5, 5.41) is 3.60. The van der Waals surface area contributed by atoms with Crippen molar-refractivity contribution in [1.82, 2.24) is 5.32 Å². The molecule has 1 fully saturated rings. The zero-order valence-electron chi connectivity index (χ0n) is 8.65. The highest BCUT2D eigenvalue weighted by atomic mass is 16.5. The molecule has 80 valence electrons. The largest absolute Gasteiger partial charge is 0.378 e. The molecule has 1 aromatic carbocycles. The van der Waals surface area contributed by atoms with E-state index in [0.29, 0.717) is 12.1 Å². The maximum absolute atomic E-state index is 6.10. The monoisotopic (exact) mass is 204 g/mol. The van der Waals surface area contributed by atoms with Crippen LogP contribution in [0.25, 0.3) is 0 Å². The number of fused-ring (bicyclic) bond motifs is 1. The van der Waals surface area contributed by atoms with Crippen LogP contribution >= 0.6 is 0 Å². The fourth-order valence-electron chi connectivity index (χ4n) is 2.45. The Morgan fingerprint density at radius 2 is 1.93 bits per heavy atom. The van der Waals surface area contributed by atoms with Crippen molar-refractivity contribution < 1.29 is 4.74 Å². The maximum atomic E-state index is 6.10. The third kappa shape index (κ3) is 1.57. The Morgan fingerprint density at radius 1 is 1.20 bits per heavy atom. The molecule has 2 atom stereocenters. The summed E-state index contributed by atoms with van der Waals surface area (Å²) in [6, 6.07) is 9.60. The van der Waals surface area contributed by atoms with E-state index >= 15 is 0 Å². The van der Waals surface area contributed by atoms with Crippen LogP contribution in [0.15, 0.2) is 24.3 Å². The molecule has 1 aliphatic carbocycles. The van der Waals surface area contributed by atoms with Gasteiger partial charge in [-0.15, -0.1) is 0 Å². The van der Waals surface area contributed by atoms with E-state index in [-0.39, 0.29) is 6.04 Å². The molecular formula is C12H16N2O. The molecule has 2 unspecified atom stereocenters. The Kier molecular flexibility index (Phi) is 2.24. The summed E-state index contributed by atoms with van der Waals surface area (Å²) >= 11 is 0. The van der Waals surface area contributed by atoms with Crippen LogP contribution in [0, 0.1) is 0 Å². The molecule has 1 saturated heterocycles. The SMILES string of the molecule is NC1CC(NC2COC2)c2ccccc21. The minimum absolute atomic E-state index is 0.194. The van der Waals surface area contributed by atoms with E-state index < -0.39 is 0 Å². The van der Waals surface area contributed by atoms with E-state index in [1.807, 2.05) is 0 Å². The van der Waals surface area contributed by atoms with Gasteiger partial charge in [0.15, 0.2) is 0 Å². The zero-order valence-corrected chi connectivity index (χ0v) is 8.65. The Hall–Kier alpha value is -0.900. The molecule has 1 heterocycles. The van der Waals surface area contributed by atoms with Crippen LogP contribution in [0.2, 0.25) is 0 Å². The summed E-state index contributed by atoms with van der Waals surface area (Å²) in [6.07, 6.45) is 1.01. The van der Waals surface area contributed by atoms with E-state index in [9.17, 15) is 0 Å². The first-order chi connectivity index (χ1) is 7.34. The fourth-order valence-corrected chi connectivity index (χ4v) is 2.45. The van der Waals surface area contributed by atoms with Crippen molar-refractivity contribution in [3.63, 3.8) is 0 Å². The summed E-state index contributed by atoms with van der Waals surface area (Å²) in [6.45, 7) is 1.68. The van der Waals surface area contributed by atoms with Crippen LogP contribution in [-0.4, -0.2) is 19.3 Å². The number of nitrogens with one attached hydrogen (secondary N) is 1. The molecule has 0 aromatic heterocycles. The predicted octanol–water partition coefficient (Wildman–Crippen LogP) is 1.12. The van der Waals surface area contributed by atoms with Gasteiger partial charge in [0.1, 0.15) is 0 Å². The lowest BCUT2D eigenvalue weighted by atomic mass is 10.1. The standard InChI is InChI=1S/C12H16N2O/c13-11-5-12(14-8-6-15-7-8)10-4-2-1-3-9(10)11/h1-4,8,11-12,14H,5-7,13H2. The Bertz CT molecular complexity index is 362. The van der Waals surface area contributed by atoms with E-state index in [2.05, 4.69) is 29.6 Å². The maximum Gasteiger partial charge on any atom is 0.0643 e. The predicted molar refractivity (Wildman–Crippen MR) is 58.5 cm³/mol. The van der Waals surface area contributed by atoms with E-state index in [1.165, 1.54) is 11.1 Å². The lowest BCUT2D eigenvalue weighted by Crippen LogP contribution is -2.47. The molecule has 3 nitrogen and oxygen atoms in total. The summed E-state index contributed by atoms with van der Waals surface area (Å²) in [5.74, 6) is 0. The second-order valence-corrected chi connectivity index (χ2v) is 4.42. The molecule has 0 amide bonds. The summed E-state index contributed by atoms with van der Waals surface area (Å²) in [7, 11) is 0. The third-order valence-corrected chi connectivity index (χ3v) is 3.34. The highest BCUT2D eigenvalue weighted by Crippen LogP contribution is 2.37. The summed E-state index contributed by atoms with van der Waals surface area (Å²) in [5.41, 5.74) is 8.77. The van der Waals surface area contributed by atoms with E-state index in [1.54, 1.807) is 0 Å². The van der Waals surface area contributed by atoms with Gasteiger partial charge in [-0.25, -0.2) is 0 Å². The number of hydrogen-bond donors (Lipinski definition) is 2. The first-order valence-corrected chi connectivity index (χ1v) is 5.53. The topological polar surface area (TPSA) is 47.3 Å². The van der Waals surface area contributed by atoms with Crippen molar-refractivity contribution in [1.29, 1.82) is 0 Å². The van der Waals surface area contributed by atoms with Gasteiger partial charge in [-0.2, -0.15) is 0 Å². The van der Waals surface area contributed by atoms with Crippen LogP contribution in [-0.2, 0) is 4.74 Å². The molecule has 15 heavy (non-hydrogen) atoms. The molecule has 1 aliphatic heterocycles. The molecule has 0 spiro atoms. The molecule has 1 aromatic rings. The van der Waals surface area contributed by atoms with Gasteiger partial charge < -0.3 is 15.8 Å². The number of nitrogens with two attached hydrogens (primary N) is 1. The first kappa shape index (κ1) is 9.33. The minimum Gasteiger partial charge on any atom is -0.378 e. The molecule has 0 radical (unpaired) electrons. The van der Waals surface area contributed by atoms with Gasteiger partial charge >= 0.3 is 0 Å². The minimum atomic E-state index is 0.194. The van der Waals surface area contributed by atoms with Crippen molar-refractivity contribution in [3.8, 4) is 0 Å². The van der Waals surface area contributed by atoms with Crippen molar-refractivity contribution in [2.45, 2.75) is 24.5 Å². The van der Waals surface area contributed by atoms with Gasteiger partial charge in [0.2, 0.25) is 0 Å². The van der Waals surface area contributed by atoms with Crippen LogP contribution in [0.4, 0.5) is 0 Å². The van der Waals surface area contributed by atoms with Crippen molar-refractivity contribution in [2.24, 2.45) is 5.73 Å². The smallest absolute Gasteiger partial charge is 0.0643 e. The van der Waals surface area contributed by atoms with Gasteiger partial charge in [0.25, 0.3) is 0 Å². The number of benzene rings is 1. The first-order valence-electron chi connectivity index (χ1n) is 5.53. The quantitative estimate of drug-likeness (QED) is 0.759. The Morgan fingerprint density at radius 3 is 2.60 bits per heavy atom. The molecule has 0 bridgehead atoms. The molecule has 0 saturated carbocycles. The second-order valence-electron chi connectivity index (χ2n) is 4.42. The van der Waals surface area contributed by atoms with Gasteiger partial charge in [0.05, 0.1) is 19.3 Å². The molecule has 2 aliphatic rings. The number of ether oxygens (including phenoxy) is 1. The Labute approximate surface area is 89.6 Å². The van der Waals surface area contributed by atoms with Crippen molar-refractivity contribution >= 4 is 0 Å². The van der Waals surface area contributed by atoms with Gasteiger partial charge in [-0.1, -0.05) is 24.3 Å². The lowest BCUT2D eigenvalue weighted by molar-refractivity contribution is -0.0103. The third-order valence-electron chi connectivity index (χ3n) is 3.34. The van der Waals surface area contributed by atoms with Crippen LogP contribution < -0.4 is 11.1 Å². The normalized spacial score (nSPS) is 29.9. The molecular weight excluding hydrogens is 188 g/mol. The van der Waals surface area contributed by atoms with Crippen molar-refractivity contribution in [3.05, 3.63) is 35.4 Å². The number of hydrogen-bond acceptors (Lipinski definition) is 3. The molecule has 3 heteroatoms. The summed E-state index contributed by atoms with van der Waals surface area (Å²) in [4.78, 5) is 0. The summed E-state index contributed by atoms with van der Waals surface area (Å²) < 4.78 is 5.17.